The second-order valence-electron chi connectivity index (χ2n) is 6.54. The summed E-state index contributed by atoms with van der Waals surface area (Å²) in [4.78, 5) is 13.0. The lowest BCUT2D eigenvalue weighted by Gasteiger charge is -2.16. The fourth-order valence-corrected chi connectivity index (χ4v) is 3.57. The standard InChI is InChI=1S/C23H18ClFN2O2/c1-2-29-23(28)22-18(14-15-6-4-3-5-7-15)26-27-19(12-13-20(27)24)21(22)16-8-10-17(25)11-9-16/h3-13H,2,14H2,1H3. The van der Waals surface area contributed by atoms with E-state index in [-0.39, 0.29) is 12.4 Å². The molecule has 0 amide bonds. The Morgan fingerprint density at radius 1 is 1.07 bits per heavy atom. The second-order valence-corrected chi connectivity index (χ2v) is 6.93. The Kier molecular flexibility index (Phi) is 5.32. The molecule has 4 aromatic rings. The van der Waals surface area contributed by atoms with Crippen molar-refractivity contribution in [3.8, 4) is 11.1 Å². The molecule has 0 bridgehead atoms. The lowest BCUT2D eigenvalue weighted by atomic mass is 9.95. The Hall–Kier alpha value is -3.18. The summed E-state index contributed by atoms with van der Waals surface area (Å²) in [6.07, 6.45) is 0.424. The minimum absolute atomic E-state index is 0.236. The van der Waals surface area contributed by atoms with E-state index < -0.39 is 5.97 Å². The van der Waals surface area contributed by atoms with E-state index in [0.717, 1.165) is 5.56 Å². The van der Waals surface area contributed by atoms with Gasteiger partial charge in [-0.15, -0.1) is 0 Å². The van der Waals surface area contributed by atoms with Crippen LogP contribution in [0.15, 0.2) is 66.7 Å². The number of carbonyl (C=O) groups excluding carboxylic acids is 1. The average molecular weight is 409 g/mol. The SMILES string of the molecule is CCOC(=O)c1c(Cc2ccccc2)nn2c(Cl)ccc2c1-c1ccc(F)cc1. The molecule has 0 spiro atoms. The summed E-state index contributed by atoms with van der Waals surface area (Å²) in [5.41, 5.74) is 3.87. The van der Waals surface area contributed by atoms with Crippen LogP contribution in [0, 0.1) is 5.82 Å². The Morgan fingerprint density at radius 2 is 1.79 bits per heavy atom. The van der Waals surface area contributed by atoms with Crippen LogP contribution in [0.5, 0.6) is 0 Å². The number of nitrogens with zero attached hydrogens (tertiary/aromatic N) is 2. The summed E-state index contributed by atoms with van der Waals surface area (Å²) >= 11 is 6.35. The maximum Gasteiger partial charge on any atom is 0.340 e. The molecule has 4 nitrogen and oxygen atoms in total. The Labute approximate surface area is 172 Å². The lowest BCUT2D eigenvalue weighted by Crippen LogP contribution is -2.15. The minimum atomic E-state index is -0.468. The molecule has 0 radical (unpaired) electrons. The quantitative estimate of drug-likeness (QED) is 0.406. The predicted molar refractivity (Wildman–Crippen MR) is 111 cm³/mol. The zero-order chi connectivity index (χ0) is 20.4. The van der Waals surface area contributed by atoms with Gasteiger partial charge in [0.25, 0.3) is 0 Å². The maximum absolute atomic E-state index is 13.5. The third-order valence-electron chi connectivity index (χ3n) is 4.65. The van der Waals surface area contributed by atoms with Crippen molar-refractivity contribution in [3.05, 3.63) is 94.5 Å². The van der Waals surface area contributed by atoms with Gasteiger partial charge in [0.05, 0.1) is 23.4 Å². The van der Waals surface area contributed by atoms with Crippen LogP contribution in [0.1, 0.15) is 28.5 Å². The molecule has 0 aliphatic heterocycles. The molecule has 0 fully saturated rings. The number of rotatable bonds is 5. The first-order chi connectivity index (χ1) is 14.1. The van der Waals surface area contributed by atoms with E-state index in [1.165, 1.54) is 12.1 Å². The van der Waals surface area contributed by atoms with Gasteiger partial charge in [0.1, 0.15) is 11.0 Å². The topological polar surface area (TPSA) is 43.6 Å². The number of benzene rings is 2. The van der Waals surface area contributed by atoms with Crippen molar-refractivity contribution in [1.82, 2.24) is 9.61 Å². The second kappa shape index (κ2) is 8.05. The van der Waals surface area contributed by atoms with Crippen LogP contribution in [0.4, 0.5) is 4.39 Å². The summed E-state index contributed by atoms with van der Waals surface area (Å²) in [6.45, 7) is 1.99. The largest absolute Gasteiger partial charge is 0.462 e. The number of fused-ring (bicyclic) bond motifs is 1. The normalized spacial score (nSPS) is 11.0. The van der Waals surface area contributed by atoms with Crippen LogP contribution in [0.2, 0.25) is 5.15 Å². The third-order valence-corrected chi connectivity index (χ3v) is 4.94. The first-order valence-corrected chi connectivity index (χ1v) is 9.63. The average Bonchev–Trinajstić information content (AvgIpc) is 3.09. The van der Waals surface area contributed by atoms with E-state index in [4.69, 9.17) is 16.3 Å². The molecule has 0 saturated heterocycles. The molecule has 146 valence electrons. The van der Waals surface area contributed by atoms with Gasteiger partial charge in [0, 0.05) is 12.0 Å². The molecule has 6 heteroatoms. The van der Waals surface area contributed by atoms with E-state index in [9.17, 15) is 9.18 Å². The van der Waals surface area contributed by atoms with E-state index in [0.29, 0.717) is 39.5 Å². The van der Waals surface area contributed by atoms with Crippen molar-refractivity contribution >= 4 is 23.1 Å². The lowest BCUT2D eigenvalue weighted by molar-refractivity contribution is 0.0525. The molecule has 0 unspecified atom stereocenters. The summed E-state index contributed by atoms with van der Waals surface area (Å²) in [5.74, 6) is -0.820. The van der Waals surface area contributed by atoms with Crippen LogP contribution in [0.3, 0.4) is 0 Å². The van der Waals surface area contributed by atoms with Gasteiger partial charge in [-0.05, 0) is 42.3 Å². The van der Waals surface area contributed by atoms with Crippen molar-refractivity contribution in [3.63, 3.8) is 0 Å². The number of esters is 1. The van der Waals surface area contributed by atoms with Gasteiger partial charge in [0.2, 0.25) is 0 Å². The van der Waals surface area contributed by atoms with Gasteiger partial charge in [0.15, 0.2) is 0 Å². The van der Waals surface area contributed by atoms with Crippen molar-refractivity contribution < 1.29 is 13.9 Å². The number of hydrogen-bond donors (Lipinski definition) is 0. The van der Waals surface area contributed by atoms with Crippen LogP contribution in [0.25, 0.3) is 16.6 Å². The number of carbonyl (C=O) groups is 1. The Morgan fingerprint density at radius 3 is 2.48 bits per heavy atom. The van der Waals surface area contributed by atoms with Crippen molar-refractivity contribution in [2.75, 3.05) is 6.61 Å². The highest BCUT2D eigenvalue weighted by molar-refractivity contribution is 6.30. The molecule has 0 atom stereocenters. The van der Waals surface area contributed by atoms with Gasteiger partial charge in [-0.1, -0.05) is 54.1 Å². The number of hydrogen-bond acceptors (Lipinski definition) is 3. The highest BCUT2D eigenvalue weighted by Gasteiger charge is 2.25. The molecule has 2 aromatic carbocycles. The van der Waals surface area contributed by atoms with Crippen LogP contribution < -0.4 is 0 Å². The van der Waals surface area contributed by atoms with Crippen LogP contribution in [-0.4, -0.2) is 22.2 Å². The van der Waals surface area contributed by atoms with Gasteiger partial charge >= 0.3 is 5.97 Å². The summed E-state index contributed by atoms with van der Waals surface area (Å²) in [6, 6.07) is 19.3. The van der Waals surface area contributed by atoms with E-state index in [1.54, 1.807) is 35.7 Å². The molecular weight excluding hydrogens is 391 g/mol. The smallest absolute Gasteiger partial charge is 0.340 e. The van der Waals surface area contributed by atoms with Crippen molar-refractivity contribution in [1.29, 1.82) is 0 Å². The number of ether oxygens (including phenoxy) is 1. The zero-order valence-electron chi connectivity index (χ0n) is 15.7. The van der Waals surface area contributed by atoms with E-state index in [1.807, 2.05) is 30.3 Å². The van der Waals surface area contributed by atoms with E-state index in [2.05, 4.69) is 5.10 Å². The first kappa shape index (κ1) is 19.2. The fourth-order valence-electron chi connectivity index (χ4n) is 3.38. The highest BCUT2D eigenvalue weighted by Crippen LogP contribution is 2.33. The zero-order valence-corrected chi connectivity index (χ0v) is 16.5. The van der Waals surface area contributed by atoms with Crippen molar-refractivity contribution in [2.45, 2.75) is 13.3 Å². The molecular formula is C23H18ClFN2O2. The summed E-state index contributed by atoms with van der Waals surface area (Å²) < 4.78 is 20.5. The predicted octanol–water partition coefficient (Wildman–Crippen LogP) is 5.56. The molecule has 0 saturated carbocycles. The highest BCUT2D eigenvalue weighted by atomic mass is 35.5. The minimum Gasteiger partial charge on any atom is -0.462 e. The first-order valence-electron chi connectivity index (χ1n) is 9.25. The molecule has 0 aliphatic rings. The molecule has 4 rings (SSSR count). The Bertz CT molecular complexity index is 1170. The summed E-state index contributed by atoms with van der Waals surface area (Å²) in [7, 11) is 0. The molecule has 0 aliphatic carbocycles. The molecule has 29 heavy (non-hydrogen) atoms. The van der Waals surface area contributed by atoms with Crippen LogP contribution >= 0.6 is 11.6 Å². The third kappa shape index (κ3) is 3.74. The number of aromatic nitrogens is 2. The van der Waals surface area contributed by atoms with E-state index >= 15 is 0 Å². The van der Waals surface area contributed by atoms with Gasteiger partial charge in [-0.3, -0.25) is 0 Å². The van der Waals surface area contributed by atoms with Gasteiger partial charge in [-0.25, -0.2) is 13.7 Å². The molecule has 0 N–H and O–H groups in total. The Balaban J connectivity index is 2.02. The van der Waals surface area contributed by atoms with Gasteiger partial charge < -0.3 is 4.74 Å². The molecule has 2 heterocycles. The maximum atomic E-state index is 13.5. The fraction of sp³-hybridized carbons (Fsp3) is 0.130. The monoisotopic (exact) mass is 408 g/mol. The van der Waals surface area contributed by atoms with Gasteiger partial charge in [-0.2, -0.15) is 5.10 Å². The van der Waals surface area contributed by atoms with Crippen LogP contribution in [-0.2, 0) is 11.2 Å². The van der Waals surface area contributed by atoms with Crippen molar-refractivity contribution in [2.24, 2.45) is 0 Å². The summed E-state index contributed by atoms with van der Waals surface area (Å²) in [5, 5.41) is 5.07. The number of halogens is 2. The molecule has 2 aromatic heterocycles.